The molecular formula is C31H38N2O11. The quantitative estimate of drug-likeness (QED) is 0.0627. The molecule has 2 aromatic carbocycles. The van der Waals surface area contributed by atoms with E-state index in [9.17, 15) is 24.5 Å². The van der Waals surface area contributed by atoms with E-state index in [0.29, 0.717) is 43.9 Å². The van der Waals surface area contributed by atoms with Gasteiger partial charge in [-0.25, -0.2) is 9.59 Å². The Kier molecular flexibility index (Phi) is 14.1. The molecule has 1 aliphatic rings. The molecule has 0 N–H and O–H groups in total. The predicted molar refractivity (Wildman–Crippen MR) is 158 cm³/mol. The first-order chi connectivity index (χ1) is 21.3. The highest BCUT2D eigenvalue weighted by Crippen LogP contribution is 2.32. The molecular weight excluding hydrogens is 576 g/mol. The van der Waals surface area contributed by atoms with E-state index in [0.717, 1.165) is 12.8 Å². The van der Waals surface area contributed by atoms with E-state index in [1.165, 1.54) is 25.3 Å². The first kappa shape index (κ1) is 34.0. The van der Waals surface area contributed by atoms with Crippen molar-refractivity contribution in [1.82, 2.24) is 4.90 Å². The summed E-state index contributed by atoms with van der Waals surface area (Å²) in [6.45, 7) is 4.42. The van der Waals surface area contributed by atoms with Crippen LogP contribution < -0.4 is 9.47 Å². The molecule has 13 nitrogen and oxygen atoms in total. The summed E-state index contributed by atoms with van der Waals surface area (Å²) in [5.74, 6) is -1.23. The largest absolute Gasteiger partial charge is 0.493 e. The van der Waals surface area contributed by atoms with Gasteiger partial charge in [-0.15, -0.1) is 10.1 Å². The van der Waals surface area contributed by atoms with Gasteiger partial charge in [-0.1, -0.05) is 37.6 Å². The van der Waals surface area contributed by atoms with Gasteiger partial charge in [0.1, 0.15) is 6.10 Å². The van der Waals surface area contributed by atoms with Crippen LogP contribution in [0.2, 0.25) is 0 Å². The topological polar surface area (TPSA) is 153 Å². The van der Waals surface area contributed by atoms with Gasteiger partial charge in [0.2, 0.25) is 0 Å². The maximum Gasteiger partial charge on any atom is 0.344 e. The molecule has 1 heterocycles. The number of methoxy groups -OCH3 is 1. The Morgan fingerprint density at radius 1 is 1.07 bits per heavy atom. The van der Waals surface area contributed by atoms with Gasteiger partial charge in [0, 0.05) is 31.1 Å². The van der Waals surface area contributed by atoms with Gasteiger partial charge < -0.3 is 28.5 Å². The highest BCUT2D eigenvalue weighted by Gasteiger charge is 2.25. The number of ether oxygens (including phenoxy) is 5. The molecule has 0 aliphatic carbocycles. The zero-order chi connectivity index (χ0) is 31.7. The Hall–Kier alpha value is -4.49. The second kappa shape index (κ2) is 18.2. The van der Waals surface area contributed by atoms with Gasteiger partial charge in [0.15, 0.2) is 11.5 Å². The zero-order valence-electron chi connectivity index (χ0n) is 24.9. The van der Waals surface area contributed by atoms with Gasteiger partial charge in [-0.3, -0.25) is 9.69 Å². The number of nitrogens with zero attached hydrogens (tertiary/aromatic N) is 2. The van der Waals surface area contributed by atoms with Gasteiger partial charge in [0.05, 0.1) is 45.6 Å². The second-order valence-corrected chi connectivity index (χ2v) is 9.81. The second-order valence-electron chi connectivity index (χ2n) is 9.81. The molecule has 0 bridgehead atoms. The standard InChI is InChI=1S/C31H38N2O11/c1-3-4-10-26(43-30(35)22-32-15-19-40-20-16-32)24-8-5-6-9-25(24)31(36)44-27-13-11-23(21-28(27)39-2)12-14-29(34)41-17-7-18-42-33(37)38/h5-6,8-9,11-14,21,26H,3-4,7,10,15-20,22H2,1-2H3/b14-12+. The number of benzene rings is 2. The minimum absolute atomic E-state index is 0.0386. The molecule has 1 atom stereocenters. The third kappa shape index (κ3) is 11.3. The van der Waals surface area contributed by atoms with E-state index < -0.39 is 23.1 Å². The third-order valence-corrected chi connectivity index (χ3v) is 6.61. The first-order valence-corrected chi connectivity index (χ1v) is 14.4. The van der Waals surface area contributed by atoms with Crippen LogP contribution in [0.1, 0.15) is 60.2 Å². The van der Waals surface area contributed by atoms with Crippen LogP contribution in [0.5, 0.6) is 11.5 Å². The van der Waals surface area contributed by atoms with E-state index in [1.807, 2.05) is 11.8 Å². The van der Waals surface area contributed by atoms with Crippen LogP contribution >= 0.6 is 0 Å². The Bertz CT molecular complexity index is 1290. The van der Waals surface area contributed by atoms with E-state index in [-0.39, 0.29) is 49.2 Å². The number of unbranched alkanes of at least 4 members (excludes halogenated alkanes) is 1. The summed E-state index contributed by atoms with van der Waals surface area (Å²) < 4.78 is 27.4. The summed E-state index contributed by atoms with van der Waals surface area (Å²) in [5.41, 5.74) is 1.40. The highest BCUT2D eigenvalue weighted by molar-refractivity contribution is 5.93. The van der Waals surface area contributed by atoms with Crippen LogP contribution in [-0.2, 0) is 28.6 Å². The van der Waals surface area contributed by atoms with Crippen molar-refractivity contribution in [1.29, 1.82) is 0 Å². The molecule has 1 unspecified atom stereocenters. The fraction of sp³-hybridized carbons (Fsp3) is 0.452. The smallest absolute Gasteiger partial charge is 0.344 e. The summed E-state index contributed by atoms with van der Waals surface area (Å²) in [5, 5.41) is 9.22. The van der Waals surface area contributed by atoms with Crippen molar-refractivity contribution in [3.05, 3.63) is 75.3 Å². The zero-order valence-corrected chi connectivity index (χ0v) is 24.9. The van der Waals surface area contributed by atoms with Crippen LogP contribution in [0.25, 0.3) is 6.08 Å². The van der Waals surface area contributed by atoms with E-state index in [1.54, 1.807) is 36.4 Å². The lowest BCUT2D eigenvalue weighted by molar-refractivity contribution is -0.757. The third-order valence-electron chi connectivity index (χ3n) is 6.61. The lowest BCUT2D eigenvalue weighted by Gasteiger charge is -2.27. The van der Waals surface area contributed by atoms with Crippen molar-refractivity contribution in [3.8, 4) is 11.5 Å². The fourth-order valence-electron chi connectivity index (χ4n) is 4.38. The number of hydrogen-bond donors (Lipinski definition) is 0. The summed E-state index contributed by atoms with van der Waals surface area (Å²) >= 11 is 0. The van der Waals surface area contributed by atoms with Gasteiger partial charge in [-0.2, -0.15) is 0 Å². The summed E-state index contributed by atoms with van der Waals surface area (Å²) in [4.78, 5) is 54.5. The average Bonchev–Trinajstić information content (AvgIpc) is 3.02. The number of hydrogen-bond acceptors (Lipinski definition) is 12. The molecule has 0 radical (unpaired) electrons. The Morgan fingerprint density at radius 2 is 1.84 bits per heavy atom. The van der Waals surface area contributed by atoms with Crippen molar-refractivity contribution in [3.63, 3.8) is 0 Å². The number of carbonyl (C=O) groups is 3. The van der Waals surface area contributed by atoms with Crippen molar-refractivity contribution in [2.75, 3.05) is 53.2 Å². The SMILES string of the molecule is CCCCC(OC(=O)CN1CCOCC1)c1ccccc1C(=O)Oc1ccc(/C=C/C(=O)OCCCO[N+](=O)[O-])cc1OC. The molecule has 44 heavy (non-hydrogen) atoms. The van der Waals surface area contributed by atoms with Crippen molar-refractivity contribution in [2.45, 2.75) is 38.7 Å². The van der Waals surface area contributed by atoms with Crippen LogP contribution in [0.3, 0.4) is 0 Å². The fourth-order valence-corrected chi connectivity index (χ4v) is 4.38. The normalized spacial score (nSPS) is 14.0. The molecule has 13 heteroatoms. The van der Waals surface area contributed by atoms with Gasteiger partial charge in [-0.05, 0) is 42.7 Å². The minimum atomic E-state index is -0.912. The predicted octanol–water partition coefficient (Wildman–Crippen LogP) is 4.18. The Morgan fingerprint density at radius 3 is 2.57 bits per heavy atom. The minimum Gasteiger partial charge on any atom is -0.493 e. The van der Waals surface area contributed by atoms with Crippen molar-refractivity contribution >= 4 is 24.0 Å². The van der Waals surface area contributed by atoms with Gasteiger partial charge >= 0.3 is 17.9 Å². The molecule has 1 aliphatic heterocycles. The number of morpholine rings is 1. The molecule has 1 fully saturated rings. The molecule has 1 saturated heterocycles. The highest BCUT2D eigenvalue weighted by atomic mass is 16.9. The van der Waals surface area contributed by atoms with Crippen molar-refractivity contribution in [2.24, 2.45) is 0 Å². The summed E-state index contributed by atoms with van der Waals surface area (Å²) in [6.07, 6.45) is 4.47. The molecule has 238 valence electrons. The lowest BCUT2D eigenvalue weighted by atomic mass is 9.98. The number of rotatable bonds is 17. The number of esters is 3. The van der Waals surface area contributed by atoms with E-state index in [2.05, 4.69) is 4.84 Å². The van der Waals surface area contributed by atoms with Crippen molar-refractivity contribution < 1.29 is 48.0 Å². The van der Waals surface area contributed by atoms with E-state index in [4.69, 9.17) is 23.7 Å². The monoisotopic (exact) mass is 614 g/mol. The Balaban J connectivity index is 1.67. The molecule has 0 amide bonds. The number of carbonyl (C=O) groups excluding carboxylic acids is 3. The summed E-state index contributed by atoms with van der Waals surface area (Å²) in [7, 11) is 1.42. The van der Waals surface area contributed by atoms with Crippen LogP contribution in [0, 0.1) is 10.1 Å². The van der Waals surface area contributed by atoms with Gasteiger partial charge in [0.25, 0.3) is 5.09 Å². The van der Waals surface area contributed by atoms with Crippen LogP contribution in [0.4, 0.5) is 0 Å². The van der Waals surface area contributed by atoms with Crippen LogP contribution in [-0.4, -0.2) is 81.1 Å². The molecule has 2 aromatic rings. The average molecular weight is 615 g/mol. The lowest BCUT2D eigenvalue weighted by Crippen LogP contribution is -2.40. The van der Waals surface area contributed by atoms with Crippen LogP contribution in [0.15, 0.2) is 48.5 Å². The molecule has 0 spiro atoms. The molecule has 0 aromatic heterocycles. The maximum absolute atomic E-state index is 13.4. The molecule has 3 rings (SSSR count). The summed E-state index contributed by atoms with van der Waals surface area (Å²) in [6, 6.07) is 11.6. The van der Waals surface area contributed by atoms with E-state index >= 15 is 0 Å². The first-order valence-electron chi connectivity index (χ1n) is 14.4. The maximum atomic E-state index is 13.4. The molecule has 0 saturated carbocycles. The Labute approximate surface area is 255 Å².